The minimum Gasteiger partial charge on any atom is -0.399 e. The molecular formula is C13H17N5O2S. The monoisotopic (exact) mass is 307 g/mol. The van der Waals surface area contributed by atoms with Crippen LogP contribution < -0.4 is 10.5 Å². The maximum atomic E-state index is 12.2. The van der Waals surface area contributed by atoms with Gasteiger partial charge in [-0.15, -0.1) is 10.2 Å². The van der Waals surface area contributed by atoms with Crippen LogP contribution in [0.1, 0.15) is 25.2 Å². The predicted molar refractivity (Wildman–Crippen MR) is 80.2 cm³/mol. The number of benzene rings is 1. The molecule has 1 heterocycles. The van der Waals surface area contributed by atoms with Gasteiger partial charge in [0.1, 0.15) is 0 Å². The fraction of sp³-hybridized carbons (Fsp3) is 0.308. The van der Waals surface area contributed by atoms with Crippen molar-refractivity contribution in [2.75, 3.05) is 10.5 Å². The Balaban J connectivity index is 2.33. The van der Waals surface area contributed by atoms with Gasteiger partial charge in [-0.1, -0.05) is 19.9 Å². The van der Waals surface area contributed by atoms with E-state index in [2.05, 4.69) is 19.9 Å². The highest BCUT2D eigenvalue weighted by Crippen LogP contribution is 2.16. The van der Waals surface area contributed by atoms with E-state index >= 15 is 0 Å². The van der Waals surface area contributed by atoms with Gasteiger partial charge in [-0.3, -0.25) is 0 Å². The average molecular weight is 307 g/mol. The van der Waals surface area contributed by atoms with Crippen LogP contribution >= 0.6 is 0 Å². The molecule has 0 amide bonds. The highest BCUT2D eigenvalue weighted by atomic mass is 32.2. The van der Waals surface area contributed by atoms with E-state index in [0.717, 1.165) is 11.4 Å². The normalized spacial score (nSPS) is 11.3. The molecule has 0 bridgehead atoms. The van der Waals surface area contributed by atoms with Crippen molar-refractivity contribution in [3.63, 3.8) is 0 Å². The van der Waals surface area contributed by atoms with Gasteiger partial charge in [-0.2, -0.15) is 0 Å². The largest absolute Gasteiger partial charge is 0.399 e. The molecule has 0 aliphatic rings. The van der Waals surface area contributed by atoms with Crippen molar-refractivity contribution < 1.29 is 8.42 Å². The molecule has 1 aromatic carbocycles. The van der Waals surface area contributed by atoms with Crippen LogP contribution in [-0.2, 0) is 22.9 Å². The maximum absolute atomic E-state index is 12.2. The first-order valence-electron chi connectivity index (χ1n) is 6.57. The van der Waals surface area contributed by atoms with E-state index in [1.807, 2.05) is 13.8 Å². The van der Waals surface area contributed by atoms with Gasteiger partial charge in [-0.05, 0) is 31.0 Å². The third-order valence-electron chi connectivity index (χ3n) is 2.90. The zero-order valence-electron chi connectivity index (χ0n) is 11.9. The van der Waals surface area contributed by atoms with Gasteiger partial charge in [0, 0.05) is 5.69 Å². The maximum Gasteiger partial charge on any atom is 0.264 e. The van der Waals surface area contributed by atoms with Gasteiger partial charge in [-0.25, -0.2) is 18.1 Å². The zero-order chi connectivity index (χ0) is 15.5. The minimum absolute atomic E-state index is 0.0357. The number of nitrogens with zero attached hydrogens (tertiary/aromatic N) is 3. The van der Waals surface area contributed by atoms with E-state index in [1.54, 1.807) is 12.1 Å². The predicted octanol–water partition coefficient (Wildman–Crippen LogP) is 1.38. The molecule has 0 spiro atoms. The fourth-order valence-electron chi connectivity index (χ4n) is 1.84. The number of sulfonamides is 1. The number of nitrogens with two attached hydrogens (primary N) is 1. The van der Waals surface area contributed by atoms with E-state index < -0.39 is 10.0 Å². The average Bonchev–Trinajstić information content (AvgIpc) is 2.46. The van der Waals surface area contributed by atoms with Crippen LogP contribution in [0.2, 0.25) is 0 Å². The highest BCUT2D eigenvalue weighted by Gasteiger charge is 2.17. The number of nitrogens with one attached hydrogen (secondary N) is 1. The van der Waals surface area contributed by atoms with Gasteiger partial charge >= 0.3 is 0 Å². The Labute approximate surface area is 123 Å². The first-order valence-corrected chi connectivity index (χ1v) is 8.05. The third kappa shape index (κ3) is 3.46. The molecule has 1 aromatic heterocycles. The van der Waals surface area contributed by atoms with Gasteiger partial charge in [0.15, 0.2) is 0 Å². The SMILES string of the molecule is CCc1nnc(NS(=O)(=O)c2cccc(N)c2)nc1CC. The first-order chi connectivity index (χ1) is 9.96. The van der Waals surface area contributed by atoms with Gasteiger partial charge in [0.2, 0.25) is 0 Å². The lowest BCUT2D eigenvalue weighted by atomic mass is 10.2. The van der Waals surface area contributed by atoms with Crippen LogP contribution in [0.25, 0.3) is 0 Å². The second kappa shape index (κ2) is 6.04. The summed E-state index contributed by atoms with van der Waals surface area (Å²) in [4.78, 5) is 4.26. The summed E-state index contributed by atoms with van der Waals surface area (Å²) in [5.41, 5.74) is 7.47. The number of aromatic nitrogens is 3. The molecule has 2 aromatic rings. The summed E-state index contributed by atoms with van der Waals surface area (Å²) in [7, 11) is -3.78. The second-order valence-electron chi connectivity index (χ2n) is 4.41. The number of aryl methyl sites for hydroxylation is 2. The Hall–Kier alpha value is -2.22. The lowest BCUT2D eigenvalue weighted by molar-refractivity contribution is 0.600. The fourth-order valence-corrected chi connectivity index (χ4v) is 2.84. The summed E-state index contributed by atoms with van der Waals surface area (Å²) in [6.45, 7) is 3.88. The highest BCUT2D eigenvalue weighted by molar-refractivity contribution is 7.92. The van der Waals surface area contributed by atoms with Crippen molar-refractivity contribution in [3.05, 3.63) is 35.7 Å². The van der Waals surface area contributed by atoms with Gasteiger partial charge in [0.25, 0.3) is 16.0 Å². The van der Waals surface area contributed by atoms with Crippen molar-refractivity contribution in [1.82, 2.24) is 15.2 Å². The number of hydrogen-bond acceptors (Lipinski definition) is 6. The molecule has 0 atom stereocenters. The Morgan fingerprint density at radius 1 is 1.14 bits per heavy atom. The van der Waals surface area contributed by atoms with E-state index in [9.17, 15) is 8.42 Å². The molecule has 0 radical (unpaired) electrons. The Bertz CT molecular complexity index is 746. The molecule has 3 N–H and O–H groups in total. The van der Waals surface area contributed by atoms with Crippen molar-refractivity contribution in [3.8, 4) is 0 Å². The van der Waals surface area contributed by atoms with E-state index in [4.69, 9.17) is 5.73 Å². The summed E-state index contributed by atoms with van der Waals surface area (Å²) < 4.78 is 26.8. The molecule has 21 heavy (non-hydrogen) atoms. The van der Waals surface area contributed by atoms with Crippen molar-refractivity contribution in [2.24, 2.45) is 0 Å². The van der Waals surface area contributed by atoms with Crippen molar-refractivity contribution in [2.45, 2.75) is 31.6 Å². The third-order valence-corrected chi connectivity index (χ3v) is 4.23. The molecule has 0 unspecified atom stereocenters. The van der Waals surface area contributed by atoms with Gasteiger partial charge in [0.05, 0.1) is 16.3 Å². The molecular weight excluding hydrogens is 290 g/mol. The number of rotatable bonds is 5. The molecule has 0 aliphatic heterocycles. The molecule has 0 saturated heterocycles. The van der Waals surface area contributed by atoms with Crippen LogP contribution in [0.3, 0.4) is 0 Å². The van der Waals surface area contributed by atoms with Crippen molar-refractivity contribution in [1.29, 1.82) is 0 Å². The van der Waals surface area contributed by atoms with E-state index in [-0.39, 0.29) is 10.8 Å². The molecule has 112 valence electrons. The standard InChI is InChI=1S/C13H17N5O2S/c1-3-11-12(4-2)16-17-13(15-11)18-21(19,20)10-7-5-6-9(14)8-10/h5-8H,3-4,14H2,1-2H3,(H,15,17,18). The number of anilines is 2. The van der Waals surface area contributed by atoms with Crippen LogP contribution in [-0.4, -0.2) is 23.6 Å². The second-order valence-corrected chi connectivity index (χ2v) is 6.10. The lowest BCUT2D eigenvalue weighted by Crippen LogP contribution is -2.17. The molecule has 7 nitrogen and oxygen atoms in total. The quantitative estimate of drug-likeness (QED) is 0.807. The van der Waals surface area contributed by atoms with Crippen LogP contribution in [0.15, 0.2) is 29.2 Å². The molecule has 0 aliphatic carbocycles. The molecule has 0 saturated carbocycles. The van der Waals surface area contributed by atoms with E-state index in [0.29, 0.717) is 18.5 Å². The molecule has 0 fully saturated rings. The Morgan fingerprint density at radius 2 is 1.86 bits per heavy atom. The minimum atomic E-state index is -3.78. The van der Waals surface area contributed by atoms with E-state index in [1.165, 1.54) is 12.1 Å². The summed E-state index contributed by atoms with van der Waals surface area (Å²) in [5.74, 6) is -0.0357. The first kappa shape index (κ1) is 15.2. The van der Waals surface area contributed by atoms with Crippen LogP contribution in [0.4, 0.5) is 11.6 Å². The van der Waals surface area contributed by atoms with Crippen LogP contribution in [0, 0.1) is 0 Å². The molecule has 8 heteroatoms. The van der Waals surface area contributed by atoms with Gasteiger partial charge < -0.3 is 5.73 Å². The molecule has 2 rings (SSSR count). The zero-order valence-corrected chi connectivity index (χ0v) is 12.7. The summed E-state index contributed by atoms with van der Waals surface area (Å²) >= 11 is 0. The number of nitrogen functional groups attached to an aromatic ring is 1. The summed E-state index contributed by atoms with van der Waals surface area (Å²) in [6.07, 6.45) is 1.36. The Kier molecular flexibility index (Phi) is 4.37. The van der Waals surface area contributed by atoms with Crippen LogP contribution in [0.5, 0.6) is 0 Å². The summed E-state index contributed by atoms with van der Waals surface area (Å²) in [5, 5.41) is 7.81. The number of hydrogen-bond donors (Lipinski definition) is 2. The van der Waals surface area contributed by atoms with Crippen molar-refractivity contribution >= 4 is 21.7 Å². The summed E-state index contributed by atoms with van der Waals surface area (Å²) in [6, 6.07) is 6.01. The smallest absolute Gasteiger partial charge is 0.264 e. The Morgan fingerprint density at radius 3 is 2.48 bits per heavy atom. The lowest BCUT2D eigenvalue weighted by Gasteiger charge is -2.09. The topological polar surface area (TPSA) is 111 Å².